The van der Waals surface area contributed by atoms with E-state index < -0.39 is 0 Å². The lowest BCUT2D eigenvalue weighted by atomic mass is 10.3. The Hall–Kier alpha value is -1.92. The molecule has 0 fully saturated rings. The molecule has 4 aromatic rings. The van der Waals surface area contributed by atoms with Gasteiger partial charge in [0.2, 0.25) is 4.96 Å². The van der Waals surface area contributed by atoms with Gasteiger partial charge in [-0.15, -0.1) is 10.2 Å². The molecule has 0 amide bonds. The van der Waals surface area contributed by atoms with E-state index in [0.717, 1.165) is 21.6 Å². The van der Waals surface area contributed by atoms with Crippen molar-refractivity contribution >= 4 is 38.3 Å². The molecule has 1 aromatic carbocycles. The highest BCUT2D eigenvalue weighted by Gasteiger charge is 2.12. The fourth-order valence-electron chi connectivity index (χ4n) is 2.07. The molecule has 0 unspecified atom stereocenters. The molecule has 0 saturated carbocycles. The summed E-state index contributed by atoms with van der Waals surface area (Å²) >= 11 is 3.33. The molecule has 0 spiro atoms. The van der Waals surface area contributed by atoms with Gasteiger partial charge in [0.15, 0.2) is 5.16 Å². The van der Waals surface area contributed by atoms with E-state index in [1.807, 2.05) is 36.5 Å². The largest absolute Gasteiger partial charge is 0.260 e. The van der Waals surface area contributed by atoms with Gasteiger partial charge in [-0.25, -0.2) is 0 Å². The summed E-state index contributed by atoms with van der Waals surface area (Å²) in [5, 5.41) is 9.46. The Balaban J connectivity index is 1.73. The molecule has 0 aliphatic heterocycles. The second kappa shape index (κ2) is 4.88. The third kappa shape index (κ3) is 1.97. The van der Waals surface area contributed by atoms with Crippen LogP contribution < -0.4 is 0 Å². The van der Waals surface area contributed by atoms with Gasteiger partial charge in [-0.3, -0.25) is 9.38 Å². The second-order valence-electron chi connectivity index (χ2n) is 4.28. The first-order valence-electron chi connectivity index (χ1n) is 6.17. The van der Waals surface area contributed by atoms with E-state index in [9.17, 15) is 0 Å². The van der Waals surface area contributed by atoms with Gasteiger partial charge >= 0.3 is 0 Å². The average Bonchev–Trinajstić information content (AvgIpc) is 3.05. The van der Waals surface area contributed by atoms with Crippen molar-refractivity contribution in [1.29, 1.82) is 0 Å². The Bertz CT molecular complexity index is 867. The summed E-state index contributed by atoms with van der Waals surface area (Å²) in [5.74, 6) is 0.797. The number of thiazole rings is 1. The molecular formula is C14H10N4S2. The topological polar surface area (TPSA) is 43.1 Å². The van der Waals surface area contributed by atoms with Crippen LogP contribution >= 0.6 is 23.1 Å². The molecule has 0 radical (unpaired) electrons. The van der Waals surface area contributed by atoms with Gasteiger partial charge in [0.1, 0.15) is 0 Å². The Labute approximate surface area is 123 Å². The fourth-order valence-corrected chi connectivity index (χ4v) is 3.95. The molecule has 0 N–H and O–H groups in total. The Morgan fingerprint density at radius 3 is 2.85 bits per heavy atom. The fraction of sp³-hybridized carbons (Fsp3) is 0.0714. The van der Waals surface area contributed by atoms with Crippen LogP contribution in [0.2, 0.25) is 0 Å². The summed E-state index contributed by atoms with van der Waals surface area (Å²) in [7, 11) is 0. The summed E-state index contributed by atoms with van der Waals surface area (Å²) in [6.07, 6.45) is 1.81. The molecule has 0 bridgehead atoms. The number of nitrogens with zero attached hydrogens (tertiary/aromatic N) is 4. The van der Waals surface area contributed by atoms with Crippen molar-refractivity contribution in [2.24, 2.45) is 0 Å². The van der Waals surface area contributed by atoms with Gasteiger partial charge in [-0.05, 0) is 24.3 Å². The van der Waals surface area contributed by atoms with E-state index in [1.54, 1.807) is 23.1 Å². The smallest absolute Gasteiger partial charge is 0.217 e. The molecule has 0 aliphatic carbocycles. The molecule has 4 nitrogen and oxygen atoms in total. The number of para-hydroxylation sites is 1. The van der Waals surface area contributed by atoms with Crippen LogP contribution in [0.4, 0.5) is 0 Å². The van der Waals surface area contributed by atoms with Crippen LogP contribution in [0.3, 0.4) is 0 Å². The zero-order chi connectivity index (χ0) is 13.4. The van der Waals surface area contributed by atoms with Crippen molar-refractivity contribution in [2.45, 2.75) is 10.9 Å². The van der Waals surface area contributed by atoms with E-state index in [2.05, 4.69) is 31.7 Å². The predicted molar refractivity (Wildman–Crippen MR) is 82.2 cm³/mol. The van der Waals surface area contributed by atoms with Gasteiger partial charge in [-0.1, -0.05) is 41.3 Å². The normalized spacial score (nSPS) is 11.4. The molecular weight excluding hydrogens is 288 g/mol. The lowest BCUT2D eigenvalue weighted by Gasteiger charge is -1.99. The number of hydrogen-bond acceptors (Lipinski definition) is 5. The van der Waals surface area contributed by atoms with Crippen molar-refractivity contribution in [3.8, 4) is 0 Å². The van der Waals surface area contributed by atoms with Crippen LogP contribution in [0.15, 0.2) is 53.8 Å². The minimum atomic E-state index is 0.797. The maximum atomic E-state index is 4.33. The third-order valence-corrected chi connectivity index (χ3v) is 4.96. The van der Waals surface area contributed by atoms with Gasteiger partial charge in [-0.2, -0.15) is 0 Å². The van der Waals surface area contributed by atoms with Crippen molar-refractivity contribution < 1.29 is 0 Å². The monoisotopic (exact) mass is 298 g/mol. The molecule has 0 saturated heterocycles. The summed E-state index contributed by atoms with van der Waals surface area (Å²) in [6.45, 7) is 0. The SMILES string of the molecule is c1ccc(CSc2nnc3sc4ccccc4n23)nc1. The van der Waals surface area contributed by atoms with Crippen molar-refractivity contribution in [3.63, 3.8) is 0 Å². The van der Waals surface area contributed by atoms with Crippen molar-refractivity contribution in [3.05, 3.63) is 54.4 Å². The summed E-state index contributed by atoms with van der Waals surface area (Å²) in [5.41, 5.74) is 2.22. The summed E-state index contributed by atoms with van der Waals surface area (Å²) in [4.78, 5) is 5.27. The van der Waals surface area contributed by atoms with Crippen LogP contribution in [-0.4, -0.2) is 19.6 Å². The van der Waals surface area contributed by atoms with Crippen LogP contribution in [0.25, 0.3) is 15.2 Å². The first-order valence-corrected chi connectivity index (χ1v) is 7.97. The zero-order valence-corrected chi connectivity index (χ0v) is 12.1. The van der Waals surface area contributed by atoms with Gasteiger partial charge in [0.25, 0.3) is 0 Å². The average molecular weight is 298 g/mol. The van der Waals surface area contributed by atoms with Gasteiger partial charge in [0, 0.05) is 11.9 Å². The number of thioether (sulfide) groups is 1. The van der Waals surface area contributed by atoms with E-state index >= 15 is 0 Å². The first kappa shape index (κ1) is 11.9. The third-order valence-electron chi connectivity index (χ3n) is 2.99. The van der Waals surface area contributed by atoms with Crippen LogP contribution in [0, 0.1) is 0 Å². The molecule has 3 heterocycles. The van der Waals surface area contributed by atoms with E-state index in [1.165, 1.54) is 10.2 Å². The molecule has 0 aliphatic rings. The van der Waals surface area contributed by atoms with Crippen molar-refractivity contribution in [1.82, 2.24) is 19.6 Å². The Morgan fingerprint density at radius 1 is 1.05 bits per heavy atom. The number of pyridine rings is 1. The molecule has 6 heteroatoms. The first-order chi connectivity index (χ1) is 9.92. The number of rotatable bonds is 3. The zero-order valence-electron chi connectivity index (χ0n) is 10.4. The Morgan fingerprint density at radius 2 is 1.95 bits per heavy atom. The minimum Gasteiger partial charge on any atom is -0.260 e. The molecule has 20 heavy (non-hydrogen) atoms. The second-order valence-corrected chi connectivity index (χ2v) is 6.23. The van der Waals surface area contributed by atoms with Gasteiger partial charge < -0.3 is 0 Å². The standard InChI is InChI=1S/C14H10N4S2/c1-2-7-12-11(6-1)18-13(16-17-14(18)20-12)19-9-10-5-3-4-8-15-10/h1-8H,9H2. The van der Waals surface area contributed by atoms with Gasteiger partial charge in [0.05, 0.1) is 15.9 Å². The van der Waals surface area contributed by atoms with Crippen LogP contribution in [0.1, 0.15) is 5.69 Å². The van der Waals surface area contributed by atoms with Crippen molar-refractivity contribution in [2.75, 3.05) is 0 Å². The highest BCUT2D eigenvalue weighted by Crippen LogP contribution is 2.30. The lowest BCUT2D eigenvalue weighted by Crippen LogP contribution is -1.88. The molecule has 3 aromatic heterocycles. The molecule has 4 rings (SSSR count). The van der Waals surface area contributed by atoms with E-state index in [0.29, 0.717) is 0 Å². The maximum Gasteiger partial charge on any atom is 0.217 e. The van der Waals surface area contributed by atoms with E-state index in [-0.39, 0.29) is 0 Å². The Kier molecular flexibility index (Phi) is 2.90. The maximum absolute atomic E-state index is 4.33. The predicted octanol–water partition coefficient (Wildman–Crippen LogP) is 3.63. The number of aromatic nitrogens is 4. The van der Waals surface area contributed by atoms with Crippen LogP contribution in [0.5, 0.6) is 0 Å². The summed E-state index contributed by atoms with van der Waals surface area (Å²) in [6, 6.07) is 14.3. The highest BCUT2D eigenvalue weighted by molar-refractivity contribution is 7.98. The minimum absolute atomic E-state index is 0.797. The molecule has 0 atom stereocenters. The van der Waals surface area contributed by atoms with Crippen LogP contribution in [-0.2, 0) is 5.75 Å². The highest BCUT2D eigenvalue weighted by atomic mass is 32.2. The number of hydrogen-bond donors (Lipinski definition) is 0. The number of fused-ring (bicyclic) bond motifs is 3. The number of benzene rings is 1. The summed E-state index contributed by atoms with van der Waals surface area (Å²) < 4.78 is 3.35. The lowest BCUT2D eigenvalue weighted by molar-refractivity contribution is 0.939. The van der Waals surface area contributed by atoms with E-state index in [4.69, 9.17) is 0 Å². The molecule has 98 valence electrons. The quantitative estimate of drug-likeness (QED) is 0.542.